The molecule has 2 heterocycles. The van der Waals surface area contributed by atoms with Crippen LogP contribution in [0.4, 0.5) is 4.79 Å². The molecule has 2 unspecified atom stereocenters. The van der Waals surface area contributed by atoms with Gasteiger partial charge in [-0.1, -0.05) is 18.2 Å². The van der Waals surface area contributed by atoms with Gasteiger partial charge in [0, 0.05) is 43.7 Å². The van der Waals surface area contributed by atoms with Crippen molar-refractivity contribution >= 4 is 17.8 Å². The highest BCUT2D eigenvalue weighted by molar-refractivity contribution is 5.94. The number of piperidine rings is 1. The fraction of sp³-hybridized carbons (Fsp3) is 0.526. The van der Waals surface area contributed by atoms with E-state index in [0.29, 0.717) is 5.56 Å². The molecule has 3 N–H and O–H groups in total. The molecule has 3 rings (SSSR count). The highest BCUT2D eigenvalue weighted by Gasteiger charge is 2.44. The molecule has 2 aliphatic rings. The maximum absolute atomic E-state index is 12.7. The Hall–Kier alpha value is -2.57. The van der Waals surface area contributed by atoms with Crippen LogP contribution < -0.4 is 11.1 Å². The van der Waals surface area contributed by atoms with Crippen LogP contribution in [0.3, 0.4) is 0 Å². The quantitative estimate of drug-likeness (QED) is 0.831. The van der Waals surface area contributed by atoms with E-state index in [4.69, 9.17) is 5.73 Å². The van der Waals surface area contributed by atoms with Gasteiger partial charge in [-0.05, 0) is 37.8 Å². The first kappa shape index (κ1) is 18.2. The number of primary amides is 1. The minimum Gasteiger partial charge on any atom is -0.352 e. The van der Waals surface area contributed by atoms with Crippen molar-refractivity contribution in [2.45, 2.75) is 50.2 Å². The zero-order valence-corrected chi connectivity index (χ0v) is 15.1. The summed E-state index contributed by atoms with van der Waals surface area (Å²) in [6, 6.07) is 9.17. The third kappa shape index (κ3) is 3.81. The molecule has 0 spiro atoms. The maximum atomic E-state index is 12.7. The van der Waals surface area contributed by atoms with Gasteiger partial charge in [-0.15, -0.1) is 0 Å². The van der Waals surface area contributed by atoms with Gasteiger partial charge in [0.1, 0.15) is 0 Å². The molecule has 26 heavy (non-hydrogen) atoms. The van der Waals surface area contributed by atoms with E-state index in [-0.39, 0.29) is 42.9 Å². The Morgan fingerprint density at radius 3 is 2.35 bits per heavy atom. The first-order valence-electron chi connectivity index (χ1n) is 9.14. The van der Waals surface area contributed by atoms with Gasteiger partial charge >= 0.3 is 6.03 Å². The number of nitrogens with one attached hydrogen (secondary N) is 1. The molecule has 2 bridgehead atoms. The average Bonchev–Trinajstić information content (AvgIpc) is 2.90. The minimum atomic E-state index is -0.611. The van der Waals surface area contributed by atoms with Gasteiger partial charge in [0.2, 0.25) is 5.91 Å². The summed E-state index contributed by atoms with van der Waals surface area (Å²) in [6.07, 6.45) is 3.83. The molecule has 0 saturated carbocycles. The summed E-state index contributed by atoms with van der Waals surface area (Å²) in [4.78, 5) is 39.8. The Morgan fingerprint density at radius 1 is 1.15 bits per heavy atom. The number of urea groups is 1. The minimum absolute atomic E-state index is 0.0282. The first-order chi connectivity index (χ1) is 12.5. The van der Waals surface area contributed by atoms with Gasteiger partial charge in [-0.2, -0.15) is 0 Å². The second-order valence-electron chi connectivity index (χ2n) is 7.13. The molecular formula is C19H26N4O3. The van der Waals surface area contributed by atoms with Crippen LogP contribution in [0.15, 0.2) is 30.3 Å². The Kier molecular flexibility index (Phi) is 5.44. The summed E-state index contributed by atoms with van der Waals surface area (Å²) in [5.41, 5.74) is 5.73. The molecule has 2 aliphatic heterocycles. The number of nitrogens with zero attached hydrogens (tertiary/aromatic N) is 2. The predicted molar refractivity (Wildman–Crippen MR) is 97.4 cm³/mol. The van der Waals surface area contributed by atoms with Crippen LogP contribution in [0.5, 0.6) is 0 Å². The Morgan fingerprint density at radius 2 is 1.77 bits per heavy atom. The number of hydrogen-bond acceptors (Lipinski definition) is 3. The zero-order valence-electron chi connectivity index (χ0n) is 15.1. The topological polar surface area (TPSA) is 95.7 Å². The van der Waals surface area contributed by atoms with E-state index in [1.807, 2.05) is 47.2 Å². The fourth-order valence-corrected chi connectivity index (χ4v) is 4.24. The molecule has 2 fully saturated rings. The molecule has 0 aromatic heterocycles. The van der Waals surface area contributed by atoms with Gasteiger partial charge < -0.3 is 20.9 Å². The molecule has 2 atom stereocenters. The number of nitrogens with two attached hydrogens (primary N) is 1. The number of hydrogen-bond donors (Lipinski definition) is 2. The van der Waals surface area contributed by atoms with Gasteiger partial charge in [0.25, 0.3) is 5.91 Å². The number of fused-ring (bicyclic) bond motifs is 2. The van der Waals surface area contributed by atoms with Crippen molar-refractivity contribution in [3.8, 4) is 0 Å². The average molecular weight is 358 g/mol. The van der Waals surface area contributed by atoms with Crippen molar-refractivity contribution in [3.05, 3.63) is 35.9 Å². The van der Waals surface area contributed by atoms with Crippen molar-refractivity contribution in [2.24, 2.45) is 5.73 Å². The maximum Gasteiger partial charge on any atom is 0.312 e. The second-order valence-corrected chi connectivity index (χ2v) is 7.13. The molecule has 140 valence electrons. The highest BCUT2D eigenvalue weighted by atomic mass is 16.2. The van der Waals surface area contributed by atoms with Crippen LogP contribution in [0.25, 0.3) is 0 Å². The van der Waals surface area contributed by atoms with E-state index in [9.17, 15) is 14.4 Å². The monoisotopic (exact) mass is 358 g/mol. The van der Waals surface area contributed by atoms with E-state index in [1.165, 1.54) is 0 Å². The molecule has 1 aromatic carbocycles. The number of carbonyl (C=O) groups is 3. The smallest absolute Gasteiger partial charge is 0.312 e. The van der Waals surface area contributed by atoms with Crippen LogP contribution in [0.1, 0.15) is 42.5 Å². The van der Waals surface area contributed by atoms with Crippen LogP contribution in [0, 0.1) is 0 Å². The molecule has 2 saturated heterocycles. The molecule has 0 aliphatic carbocycles. The largest absolute Gasteiger partial charge is 0.352 e. The summed E-state index contributed by atoms with van der Waals surface area (Å²) in [5.74, 6) is 0.0853. The lowest BCUT2D eigenvalue weighted by Gasteiger charge is -2.42. The standard InChI is InChI=1S/C19H26N4O3/c1-22(18(25)13-5-3-2-4-6-13)16-11-14-7-8-15(12-16)23(14)17(24)9-10-21-19(20)26/h2-6,14-16H,7-12H2,1H3,(H3,20,21,26). The fourth-order valence-electron chi connectivity index (χ4n) is 4.24. The summed E-state index contributed by atoms with van der Waals surface area (Å²) in [7, 11) is 1.85. The normalized spacial score (nSPS) is 24.2. The van der Waals surface area contributed by atoms with Crippen molar-refractivity contribution < 1.29 is 14.4 Å². The van der Waals surface area contributed by atoms with E-state index in [1.54, 1.807) is 0 Å². The third-order valence-electron chi connectivity index (χ3n) is 5.52. The van der Waals surface area contributed by atoms with E-state index in [2.05, 4.69) is 5.32 Å². The Labute approximate surface area is 153 Å². The Balaban J connectivity index is 1.60. The molecular weight excluding hydrogens is 332 g/mol. The number of carbonyl (C=O) groups excluding carboxylic acids is 3. The van der Waals surface area contributed by atoms with Gasteiger partial charge in [-0.25, -0.2) is 4.79 Å². The summed E-state index contributed by atoms with van der Waals surface area (Å²) < 4.78 is 0. The number of benzene rings is 1. The number of rotatable bonds is 5. The summed E-state index contributed by atoms with van der Waals surface area (Å²) in [6.45, 7) is 0.264. The number of amides is 4. The highest BCUT2D eigenvalue weighted by Crippen LogP contribution is 2.38. The van der Waals surface area contributed by atoms with Gasteiger partial charge in [0.15, 0.2) is 0 Å². The third-order valence-corrected chi connectivity index (χ3v) is 5.52. The molecule has 7 nitrogen and oxygen atoms in total. The molecule has 4 amide bonds. The van der Waals surface area contributed by atoms with Gasteiger partial charge in [0.05, 0.1) is 0 Å². The summed E-state index contributed by atoms with van der Waals surface area (Å²) >= 11 is 0. The van der Waals surface area contributed by atoms with Crippen LogP contribution in [-0.4, -0.2) is 59.4 Å². The zero-order chi connectivity index (χ0) is 18.7. The molecule has 1 aromatic rings. The van der Waals surface area contributed by atoms with E-state index < -0.39 is 6.03 Å². The van der Waals surface area contributed by atoms with Crippen LogP contribution >= 0.6 is 0 Å². The lowest BCUT2D eigenvalue weighted by Crippen LogP contribution is -2.53. The first-order valence-corrected chi connectivity index (χ1v) is 9.14. The Bertz CT molecular complexity index is 665. The van der Waals surface area contributed by atoms with Crippen molar-refractivity contribution in [2.75, 3.05) is 13.6 Å². The van der Waals surface area contributed by atoms with Crippen molar-refractivity contribution in [1.29, 1.82) is 0 Å². The predicted octanol–water partition coefficient (Wildman–Crippen LogP) is 1.34. The molecule has 0 radical (unpaired) electrons. The van der Waals surface area contributed by atoms with Crippen LogP contribution in [-0.2, 0) is 4.79 Å². The van der Waals surface area contributed by atoms with Crippen LogP contribution in [0.2, 0.25) is 0 Å². The lowest BCUT2D eigenvalue weighted by atomic mass is 9.95. The SMILES string of the molecule is CN(C(=O)c1ccccc1)C1CC2CCC(C1)N2C(=O)CCNC(N)=O. The van der Waals surface area contributed by atoms with Crippen molar-refractivity contribution in [3.63, 3.8) is 0 Å². The van der Waals surface area contributed by atoms with E-state index in [0.717, 1.165) is 25.7 Å². The molecule has 7 heteroatoms. The lowest BCUT2D eigenvalue weighted by molar-refractivity contribution is -0.136. The second kappa shape index (κ2) is 7.76. The van der Waals surface area contributed by atoms with E-state index >= 15 is 0 Å². The van der Waals surface area contributed by atoms with Gasteiger partial charge in [-0.3, -0.25) is 9.59 Å². The van der Waals surface area contributed by atoms with Crippen molar-refractivity contribution in [1.82, 2.24) is 15.1 Å². The summed E-state index contributed by atoms with van der Waals surface area (Å²) in [5, 5.41) is 2.46.